The molecule has 0 aliphatic carbocycles. The number of hydrogen-bond acceptors (Lipinski definition) is 2. The zero-order chi connectivity index (χ0) is 11.4. The Hall–Kier alpha value is -1.38. The number of carbonyl (C=O) groups excluding carboxylic acids is 1. The first-order valence-corrected chi connectivity index (χ1v) is 4.92. The van der Waals surface area contributed by atoms with Crippen molar-refractivity contribution < 1.29 is 13.9 Å². The standard InChI is InChI=1S/C12H15FO2/c1-8(2)7-15-12-9(3)4-11(13)5-10(12)6-14/h4-6,8H,7H2,1-3H3. The average Bonchev–Trinajstić information content (AvgIpc) is 2.14. The highest BCUT2D eigenvalue weighted by Gasteiger charge is 2.09. The molecule has 1 rings (SSSR count). The van der Waals surface area contributed by atoms with Crippen LogP contribution in [0.4, 0.5) is 4.39 Å². The molecule has 0 amide bonds. The van der Waals surface area contributed by atoms with Gasteiger partial charge in [0.1, 0.15) is 11.6 Å². The van der Waals surface area contributed by atoms with Crippen LogP contribution in [0, 0.1) is 18.7 Å². The Balaban J connectivity index is 2.99. The van der Waals surface area contributed by atoms with Crippen LogP contribution >= 0.6 is 0 Å². The summed E-state index contributed by atoms with van der Waals surface area (Å²) >= 11 is 0. The van der Waals surface area contributed by atoms with Gasteiger partial charge < -0.3 is 4.74 Å². The van der Waals surface area contributed by atoms with Crippen molar-refractivity contribution in [2.75, 3.05) is 6.61 Å². The molecule has 0 saturated carbocycles. The Morgan fingerprint density at radius 3 is 2.67 bits per heavy atom. The smallest absolute Gasteiger partial charge is 0.153 e. The van der Waals surface area contributed by atoms with E-state index in [1.54, 1.807) is 6.92 Å². The second kappa shape index (κ2) is 4.91. The molecule has 82 valence electrons. The van der Waals surface area contributed by atoms with Crippen LogP contribution < -0.4 is 4.74 Å². The molecular formula is C12H15FO2. The minimum absolute atomic E-state index is 0.271. The number of benzene rings is 1. The fourth-order valence-electron chi connectivity index (χ4n) is 1.29. The maximum atomic E-state index is 13.0. The summed E-state index contributed by atoms with van der Waals surface area (Å²) in [4.78, 5) is 10.7. The SMILES string of the molecule is Cc1cc(F)cc(C=O)c1OCC(C)C. The van der Waals surface area contributed by atoms with Crippen molar-refractivity contribution >= 4 is 6.29 Å². The second-order valence-electron chi connectivity index (χ2n) is 3.96. The van der Waals surface area contributed by atoms with Crippen LogP contribution in [0.1, 0.15) is 29.8 Å². The highest BCUT2D eigenvalue weighted by atomic mass is 19.1. The molecule has 0 radical (unpaired) electrons. The molecule has 0 aromatic heterocycles. The van der Waals surface area contributed by atoms with E-state index >= 15 is 0 Å². The molecular weight excluding hydrogens is 195 g/mol. The third-order valence-corrected chi connectivity index (χ3v) is 1.96. The molecule has 0 aliphatic heterocycles. The van der Waals surface area contributed by atoms with Gasteiger partial charge >= 0.3 is 0 Å². The van der Waals surface area contributed by atoms with Crippen molar-refractivity contribution in [3.63, 3.8) is 0 Å². The molecule has 0 saturated heterocycles. The summed E-state index contributed by atoms with van der Waals surface area (Å²) in [5.74, 6) is 0.445. The van der Waals surface area contributed by atoms with E-state index in [1.165, 1.54) is 12.1 Å². The van der Waals surface area contributed by atoms with Crippen LogP contribution in [0.25, 0.3) is 0 Å². The molecule has 1 aromatic rings. The second-order valence-corrected chi connectivity index (χ2v) is 3.96. The zero-order valence-electron chi connectivity index (χ0n) is 9.21. The molecule has 0 spiro atoms. The number of carbonyl (C=O) groups is 1. The molecule has 0 atom stereocenters. The predicted octanol–water partition coefficient (Wildman–Crippen LogP) is 2.98. The average molecular weight is 210 g/mol. The third-order valence-electron chi connectivity index (χ3n) is 1.96. The van der Waals surface area contributed by atoms with E-state index in [4.69, 9.17) is 4.74 Å². The van der Waals surface area contributed by atoms with Crippen LogP contribution in [-0.2, 0) is 0 Å². The summed E-state index contributed by atoms with van der Waals surface area (Å²) in [5, 5.41) is 0. The van der Waals surface area contributed by atoms with Crippen LogP contribution in [0.15, 0.2) is 12.1 Å². The van der Waals surface area contributed by atoms with Gasteiger partial charge in [-0.15, -0.1) is 0 Å². The van der Waals surface area contributed by atoms with Gasteiger partial charge in [0.05, 0.1) is 12.2 Å². The van der Waals surface area contributed by atoms with E-state index in [0.29, 0.717) is 30.1 Å². The van der Waals surface area contributed by atoms with Crippen LogP contribution in [-0.4, -0.2) is 12.9 Å². The molecule has 1 aromatic carbocycles. The van der Waals surface area contributed by atoms with E-state index in [0.717, 1.165) is 0 Å². The normalized spacial score (nSPS) is 10.5. The van der Waals surface area contributed by atoms with Crippen molar-refractivity contribution in [2.45, 2.75) is 20.8 Å². The minimum Gasteiger partial charge on any atom is -0.492 e. The molecule has 2 nitrogen and oxygen atoms in total. The van der Waals surface area contributed by atoms with Gasteiger partial charge in [-0.2, -0.15) is 0 Å². The summed E-state index contributed by atoms with van der Waals surface area (Å²) in [6.07, 6.45) is 0.617. The number of aldehydes is 1. The lowest BCUT2D eigenvalue weighted by Crippen LogP contribution is -2.07. The van der Waals surface area contributed by atoms with Gasteiger partial charge in [-0.1, -0.05) is 13.8 Å². The van der Waals surface area contributed by atoms with Crippen molar-refractivity contribution in [1.29, 1.82) is 0 Å². The minimum atomic E-state index is -0.411. The van der Waals surface area contributed by atoms with E-state index in [9.17, 15) is 9.18 Å². The first kappa shape index (κ1) is 11.7. The molecule has 0 aliphatic rings. The summed E-state index contributed by atoms with van der Waals surface area (Å²) in [5.41, 5.74) is 0.922. The van der Waals surface area contributed by atoms with E-state index in [1.807, 2.05) is 13.8 Å². The molecule has 15 heavy (non-hydrogen) atoms. The maximum Gasteiger partial charge on any atom is 0.153 e. The van der Waals surface area contributed by atoms with Crippen molar-refractivity contribution in [3.05, 3.63) is 29.1 Å². The van der Waals surface area contributed by atoms with Crippen molar-refractivity contribution in [1.82, 2.24) is 0 Å². The molecule has 0 bridgehead atoms. The van der Waals surface area contributed by atoms with E-state index < -0.39 is 5.82 Å². The summed E-state index contributed by atoms with van der Waals surface area (Å²) < 4.78 is 18.5. The largest absolute Gasteiger partial charge is 0.492 e. The fraction of sp³-hybridized carbons (Fsp3) is 0.417. The monoisotopic (exact) mass is 210 g/mol. The Labute approximate surface area is 89.1 Å². The summed E-state index contributed by atoms with van der Waals surface area (Å²) in [6.45, 7) is 6.28. The lowest BCUT2D eigenvalue weighted by atomic mass is 10.1. The van der Waals surface area contributed by atoms with Gasteiger partial charge in [0.2, 0.25) is 0 Å². The van der Waals surface area contributed by atoms with E-state index in [-0.39, 0.29) is 5.56 Å². The van der Waals surface area contributed by atoms with Gasteiger partial charge in [-0.05, 0) is 30.5 Å². The zero-order valence-corrected chi connectivity index (χ0v) is 9.21. The topological polar surface area (TPSA) is 26.3 Å². The van der Waals surface area contributed by atoms with Crippen molar-refractivity contribution in [3.8, 4) is 5.75 Å². The highest BCUT2D eigenvalue weighted by Crippen LogP contribution is 2.24. The third kappa shape index (κ3) is 3.05. The number of ether oxygens (including phenoxy) is 1. The van der Waals surface area contributed by atoms with E-state index in [2.05, 4.69) is 0 Å². The van der Waals surface area contributed by atoms with Gasteiger partial charge in [-0.3, -0.25) is 4.79 Å². The van der Waals surface area contributed by atoms with Crippen LogP contribution in [0.2, 0.25) is 0 Å². The van der Waals surface area contributed by atoms with Crippen LogP contribution in [0.3, 0.4) is 0 Å². The van der Waals surface area contributed by atoms with Gasteiger partial charge in [0.25, 0.3) is 0 Å². The van der Waals surface area contributed by atoms with Crippen LogP contribution in [0.5, 0.6) is 5.75 Å². The lowest BCUT2D eigenvalue weighted by Gasteiger charge is -2.13. The Bertz CT molecular complexity index is 359. The Morgan fingerprint density at radius 2 is 2.13 bits per heavy atom. The fourth-order valence-corrected chi connectivity index (χ4v) is 1.29. The number of rotatable bonds is 4. The van der Waals surface area contributed by atoms with Gasteiger partial charge in [-0.25, -0.2) is 4.39 Å². The Kier molecular flexibility index (Phi) is 3.83. The molecule has 0 unspecified atom stereocenters. The highest BCUT2D eigenvalue weighted by molar-refractivity contribution is 5.80. The van der Waals surface area contributed by atoms with Gasteiger partial charge in [0, 0.05) is 0 Å². The number of aryl methyl sites for hydroxylation is 1. The molecule has 0 heterocycles. The maximum absolute atomic E-state index is 13.0. The summed E-state index contributed by atoms with van der Waals surface area (Å²) in [6, 6.07) is 2.55. The predicted molar refractivity (Wildman–Crippen MR) is 56.9 cm³/mol. The van der Waals surface area contributed by atoms with Crippen molar-refractivity contribution in [2.24, 2.45) is 5.92 Å². The number of hydrogen-bond donors (Lipinski definition) is 0. The first-order valence-electron chi connectivity index (χ1n) is 4.92. The Morgan fingerprint density at radius 1 is 1.47 bits per heavy atom. The molecule has 3 heteroatoms. The molecule has 0 fully saturated rings. The summed E-state index contributed by atoms with van der Waals surface area (Å²) in [7, 11) is 0. The molecule has 0 N–H and O–H groups in total. The van der Waals surface area contributed by atoms with Gasteiger partial charge in [0.15, 0.2) is 6.29 Å². The number of halogens is 1. The lowest BCUT2D eigenvalue weighted by molar-refractivity contribution is 0.111. The first-order chi connectivity index (χ1) is 7.04. The quantitative estimate of drug-likeness (QED) is 0.714.